The Morgan fingerprint density at radius 1 is 1.14 bits per heavy atom. The van der Waals surface area contributed by atoms with E-state index in [9.17, 15) is 4.79 Å². The second-order valence-corrected chi connectivity index (χ2v) is 5.41. The van der Waals surface area contributed by atoms with Crippen molar-refractivity contribution in [1.82, 2.24) is 9.97 Å². The number of aromatic nitrogens is 2. The lowest BCUT2D eigenvalue weighted by Gasteiger charge is -2.05. The Hall–Kier alpha value is -2.67. The normalized spacial score (nSPS) is 10.5. The molecule has 0 radical (unpaired) electrons. The van der Waals surface area contributed by atoms with E-state index < -0.39 is 0 Å². The standard InChI is InChI=1S/C15H13N3O3S/c1-20-11-7-10-13(8-12(11)21-2)22-15(17-10)18-14(19)9-3-5-16-6-4-9/h3-8H,1-2H3,(H,17,18,19). The van der Waals surface area contributed by atoms with Crippen LogP contribution in [0.15, 0.2) is 36.7 Å². The SMILES string of the molecule is COc1cc2nc(NC(=O)c3ccncc3)sc2cc1OC. The van der Waals surface area contributed by atoms with Crippen LogP contribution in [0.1, 0.15) is 10.4 Å². The second kappa shape index (κ2) is 5.98. The molecule has 7 heteroatoms. The number of benzene rings is 1. The van der Waals surface area contributed by atoms with Crippen LogP contribution in [0.3, 0.4) is 0 Å². The molecular weight excluding hydrogens is 302 g/mol. The van der Waals surface area contributed by atoms with Crippen molar-refractivity contribution in [3.8, 4) is 11.5 Å². The molecule has 0 aliphatic rings. The monoisotopic (exact) mass is 315 g/mol. The number of methoxy groups -OCH3 is 2. The number of carbonyl (C=O) groups is 1. The van der Waals surface area contributed by atoms with Crippen LogP contribution in [-0.4, -0.2) is 30.1 Å². The molecule has 0 saturated heterocycles. The van der Waals surface area contributed by atoms with Crippen LogP contribution >= 0.6 is 11.3 Å². The molecule has 0 aliphatic heterocycles. The highest BCUT2D eigenvalue weighted by Crippen LogP contribution is 2.36. The van der Waals surface area contributed by atoms with Crippen molar-refractivity contribution in [1.29, 1.82) is 0 Å². The fraction of sp³-hybridized carbons (Fsp3) is 0.133. The third kappa shape index (κ3) is 2.71. The highest BCUT2D eigenvalue weighted by Gasteiger charge is 2.13. The van der Waals surface area contributed by atoms with Gasteiger partial charge in [0.2, 0.25) is 0 Å². The van der Waals surface area contributed by atoms with Gasteiger partial charge in [0.15, 0.2) is 16.6 Å². The number of pyridine rings is 1. The number of nitrogens with one attached hydrogen (secondary N) is 1. The summed E-state index contributed by atoms with van der Waals surface area (Å²) in [6.45, 7) is 0. The number of hydrogen-bond donors (Lipinski definition) is 1. The Morgan fingerprint density at radius 2 is 1.82 bits per heavy atom. The number of rotatable bonds is 4. The quantitative estimate of drug-likeness (QED) is 0.801. The van der Waals surface area contributed by atoms with Gasteiger partial charge < -0.3 is 9.47 Å². The molecule has 1 amide bonds. The Labute approximate surface area is 130 Å². The average molecular weight is 315 g/mol. The molecule has 1 N–H and O–H groups in total. The highest BCUT2D eigenvalue weighted by molar-refractivity contribution is 7.22. The van der Waals surface area contributed by atoms with E-state index in [2.05, 4.69) is 15.3 Å². The van der Waals surface area contributed by atoms with Crippen molar-refractivity contribution >= 4 is 32.6 Å². The van der Waals surface area contributed by atoms with Crippen LogP contribution in [0.25, 0.3) is 10.2 Å². The first-order valence-electron chi connectivity index (χ1n) is 6.45. The first-order valence-corrected chi connectivity index (χ1v) is 7.27. The molecule has 2 aromatic heterocycles. The van der Waals surface area contributed by atoms with E-state index >= 15 is 0 Å². The van der Waals surface area contributed by atoms with Crippen LogP contribution in [0.2, 0.25) is 0 Å². The van der Waals surface area contributed by atoms with Crippen LogP contribution < -0.4 is 14.8 Å². The largest absolute Gasteiger partial charge is 0.493 e. The number of fused-ring (bicyclic) bond motifs is 1. The third-order valence-electron chi connectivity index (χ3n) is 3.06. The zero-order chi connectivity index (χ0) is 15.5. The van der Waals surface area contributed by atoms with Gasteiger partial charge in [-0.25, -0.2) is 4.98 Å². The van der Waals surface area contributed by atoms with Crippen molar-refractivity contribution in [3.63, 3.8) is 0 Å². The molecule has 0 unspecified atom stereocenters. The highest BCUT2D eigenvalue weighted by atomic mass is 32.1. The van der Waals surface area contributed by atoms with E-state index in [1.807, 2.05) is 6.07 Å². The van der Waals surface area contributed by atoms with Crippen LogP contribution in [0.5, 0.6) is 11.5 Å². The van der Waals surface area contributed by atoms with Gasteiger partial charge in [-0.3, -0.25) is 15.1 Å². The van der Waals surface area contributed by atoms with Crippen molar-refractivity contribution in [2.24, 2.45) is 0 Å². The Bertz CT molecular complexity index is 777. The van der Waals surface area contributed by atoms with Gasteiger partial charge in [0.25, 0.3) is 5.91 Å². The number of nitrogens with zero attached hydrogens (tertiary/aromatic N) is 2. The molecule has 0 spiro atoms. The first-order chi connectivity index (χ1) is 10.7. The zero-order valence-corrected chi connectivity index (χ0v) is 12.8. The topological polar surface area (TPSA) is 73.3 Å². The minimum absolute atomic E-state index is 0.222. The predicted molar refractivity (Wildman–Crippen MR) is 84.9 cm³/mol. The molecule has 6 nitrogen and oxygen atoms in total. The van der Waals surface area contributed by atoms with Gasteiger partial charge in [-0.15, -0.1) is 0 Å². The molecule has 0 aliphatic carbocycles. The van der Waals surface area contributed by atoms with Crippen LogP contribution in [-0.2, 0) is 0 Å². The van der Waals surface area contributed by atoms with Gasteiger partial charge in [-0.1, -0.05) is 11.3 Å². The van der Waals surface area contributed by atoms with Crippen molar-refractivity contribution in [3.05, 3.63) is 42.2 Å². The Balaban J connectivity index is 1.90. The summed E-state index contributed by atoms with van der Waals surface area (Å²) in [6, 6.07) is 6.92. The average Bonchev–Trinajstić information content (AvgIpc) is 2.95. The first kappa shape index (κ1) is 14.3. The lowest BCUT2D eigenvalue weighted by molar-refractivity contribution is 0.102. The third-order valence-corrected chi connectivity index (χ3v) is 3.99. The lowest BCUT2D eigenvalue weighted by Crippen LogP contribution is -2.11. The maximum Gasteiger partial charge on any atom is 0.257 e. The fourth-order valence-electron chi connectivity index (χ4n) is 1.98. The van der Waals surface area contributed by atoms with Crippen molar-refractivity contribution in [2.45, 2.75) is 0 Å². The second-order valence-electron chi connectivity index (χ2n) is 4.38. The Morgan fingerprint density at radius 3 is 2.50 bits per heavy atom. The number of thiazole rings is 1. The minimum Gasteiger partial charge on any atom is -0.493 e. The van der Waals surface area contributed by atoms with Gasteiger partial charge in [0.1, 0.15) is 0 Å². The van der Waals surface area contributed by atoms with Crippen LogP contribution in [0, 0.1) is 0 Å². The summed E-state index contributed by atoms with van der Waals surface area (Å²) in [5.74, 6) is 1.01. The van der Waals surface area contributed by atoms with Gasteiger partial charge in [-0.2, -0.15) is 0 Å². The summed E-state index contributed by atoms with van der Waals surface area (Å²) in [5, 5.41) is 3.30. The predicted octanol–water partition coefficient (Wildman–Crippen LogP) is 2.96. The maximum atomic E-state index is 12.1. The van der Waals surface area contributed by atoms with E-state index in [-0.39, 0.29) is 5.91 Å². The molecule has 0 fully saturated rings. The van der Waals surface area contributed by atoms with E-state index in [0.717, 1.165) is 10.2 Å². The van der Waals surface area contributed by atoms with E-state index in [1.165, 1.54) is 11.3 Å². The molecule has 2 heterocycles. The summed E-state index contributed by atoms with van der Waals surface area (Å²) >= 11 is 1.37. The molecule has 112 valence electrons. The molecule has 1 aromatic carbocycles. The molecular formula is C15H13N3O3S. The number of hydrogen-bond acceptors (Lipinski definition) is 6. The number of anilines is 1. The summed E-state index contributed by atoms with van der Waals surface area (Å²) in [4.78, 5) is 20.4. The maximum absolute atomic E-state index is 12.1. The molecule has 3 rings (SSSR count). The van der Waals surface area contributed by atoms with Crippen molar-refractivity contribution in [2.75, 3.05) is 19.5 Å². The number of amides is 1. The Kier molecular flexibility index (Phi) is 3.88. The van der Waals surface area contributed by atoms with Gasteiger partial charge >= 0.3 is 0 Å². The summed E-state index contributed by atoms with van der Waals surface area (Å²) in [6.07, 6.45) is 3.14. The smallest absolute Gasteiger partial charge is 0.257 e. The van der Waals surface area contributed by atoms with E-state index in [1.54, 1.807) is 44.8 Å². The number of ether oxygens (including phenoxy) is 2. The van der Waals surface area contributed by atoms with E-state index in [4.69, 9.17) is 9.47 Å². The van der Waals surface area contributed by atoms with Gasteiger partial charge in [0, 0.05) is 30.1 Å². The van der Waals surface area contributed by atoms with Gasteiger partial charge in [0.05, 0.1) is 24.4 Å². The molecule has 0 saturated carbocycles. The zero-order valence-electron chi connectivity index (χ0n) is 12.0. The summed E-state index contributed by atoms with van der Waals surface area (Å²) in [7, 11) is 3.15. The summed E-state index contributed by atoms with van der Waals surface area (Å²) < 4.78 is 11.4. The van der Waals surface area contributed by atoms with Crippen molar-refractivity contribution < 1.29 is 14.3 Å². The molecule has 22 heavy (non-hydrogen) atoms. The molecule has 0 atom stereocenters. The summed E-state index contributed by atoms with van der Waals surface area (Å²) in [5.41, 5.74) is 1.28. The fourth-order valence-corrected chi connectivity index (χ4v) is 2.85. The lowest BCUT2D eigenvalue weighted by atomic mass is 10.2. The number of carbonyl (C=O) groups excluding carboxylic acids is 1. The van der Waals surface area contributed by atoms with E-state index in [0.29, 0.717) is 22.2 Å². The molecule has 0 bridgehead atoms. The molecule has 3 aromatic rings. The van der Waals surface area contributed by atoms with Gasteiger partial charge in [-0.05, 0) is 12.1 Å². The minimum atomic E-state index is -0.222. The van der Waals surface area contributed by atoms with Crippen LogP contribution in [0.4, 0.5) is 5.13 Å².